The lowest BCUT2D eigenvalue weighted by Crippen LogP contribution is -2.28. The van der Waals surface area contributed by atoms with Crippen LogP contribution in [0.2, 0.25) is 0 Å². The summed E-state index contributed by atoms with van der Waals surface area (Å²) in [5.74, 6) is 0. The predicted octanol–water partition coefficient (Wildman–Crippen LogP) is 3.42. The third-order valence-corrected chi connectivity index (χ3v) is 4.99. The second-order valence-corrected chi connectivity index (χ2v) is 8.40. The minimum absolute atomic E-state index is 0.0933. The molecule has 0 spiro atoms. The van der Waals surface area contributed by atoms with Crippen molar-refractivity contribution in [3.63, 3.8) is 0 Å². The lowest BCUT2D eigenvalue weighted by Gasteiger charge is -2.27. The van der Waals surface area contributed by atoms with Gasteiger partial charge >= 0.3 is 0 Å². The molecule has 0 bridgehead atoms. The maximum atomic E-state index is 12.1. The number of rotatable bonds is 1. The van der Waals surface area contributed by atoms with Crippen molar-refractivity contribution in [2.75, 3.05) is 10.6 Å². The summed E-state index contributed by atoms with van der Waals surface area (Å²) in [5.41, 5.74) is 2.95. The van der Waals surface area contributed by atoms with E-state index in [-0.39, 0.29) is 5.41 Å². The Balaban J connectivity index is 2.44. The monoisotopic (exact) mass is 289 g/mol. The zero-order chi connectivity index (χ0) is 14.7. The fourth-order valence-electron chi connectivity index (χ4n) is 2.95. The van der Waals surface area contributed by atoms with Crippen LogP contribution in [-0.2, 0) is 22.0 Å². The molecule has 2 aromatic carbocycles. The molecule has 2 aromatic rings. The minimum atomic E-state index is -3.27. The molecule has 0 saturated carbocycles. The molecule has 1 aliphatic heterocycles. The van der Waals surface area contributed by atoms with Gasteiger partial charge in [0.2, 0.25) is 10.0 Å². The number of hydrogen-bond acceptors (Lipinski definition) is 2. The molecule has 3 nitrogen and oxygen atoms in total. The van der Waals surface area contributed by atoms with Gasteiger partial charge in [-0.1, -0.05) is 51.1 Å². The van der Waals surface area contributed by atoms with Gasteiger partial charge < -0.3 is 0 Å². The van der Waals surface area contributed by atoms with Gasteiger partial charge in [-0.15, -0.1) is 0 Å². The maximum Gasteiger partial charge on any atom is 0.232 e. The zero-order valence-electron chi connectivity index (χ0n) is 12.3. The van der Waals surface area contributed by atoms with E-state index < -0.39 is 10.0 Å². The van der Waals surface area contributed by atoms with Crippen LogP contribution >= 0.6 is 0 Å². The standard InChI is InChI=1S/C16H19NO2S/c1-16(2,3)13-9-8-11-6-5-7-12-10-17(20(4,18)19)15(13)14(11)12/h5-9H,10H2,1-4H3. The van der Waals surface area contributed by atoms with E-state index in [1.807, 2.05) is 18.2 Å². The van der Waals surface area contributed by atoms with Crippen molar-refractivity contribution in [2.24, 2.45) is 0 Å². The lowest BCUT2D eigenvalue weighted by molar-refractivity contribution is 0.585. The second-order valence-electron chi connectivity index (χ2n) is 6.50. The summed E-state index contributed by atoms with van der Waals surface area (Å²) >= 11 is 0. The molecule has 0 radical (unpaired) electrons. The quantitative estimate of drug-likeness (QED) is 0.806. The molecule has 0 aliphatic carbocycles. The first kappa shape index (κ1) is 13.4. The van der Waals surface area contributed by atoms with Crippen molar-refractivity contribution in [3.8, 4) is 0 Å². The zero-order valence-corrected chi connectivity index (χ0v) is 13.1. The average Bonchev–Trinajstić information content (AvgIpc) is 2.70. The van der Waals surface area contributed by atoms with Crippen LogP contribution in [0.1, 0.15) is 31.9 Å². The Morgan fingerprint density at radius 3 is 2.40 bits per heavy atom. The molecule has 0 atom stereocenters. The van der Waals surface area contributed by atoms with Crippen molar-refractivity contribution in [3.05, 3.63) is 41.5 Å². The molecular formula is C16H19NO2S. The molecular weight excluding hydrogens is 270 g/mol. The lowest BCUT2D eigenvalue weighted by atomic mass is 9.84. The van der Waals surface area contributed by atoms with E-state index in [9.17, 15) is 8.42 Å². The first-order chi connectivity index (χ1) is 9.19. The highest BCUT2D eigenvalue weighted by molar-refractivity contribution is 7.92. The van der Waals surface area contributed by atoms with E-state index >= 15 is 0 Å². The third-order valence-electron chi connectivity index (χ3n) is 3.88. The third kappa shape index (κ3) is 1.90. The minimum Gasteiger partial charge on any atom is -0.265 e. The SMILES string of the molecule is CC(C)(C)c1ccc2cccc3c2c1N(S(C)(=O)=O)C3. The van der Waals surface area contributed by atoms with Gasteiger partial charge in [0.1, 0.15) is 0 Å². The Hall–Kier alpha value is -1.55. The number of anilines is 1. The molecule has 0 N–H and O–H groups in total. The first-order valence-electron chi connectivity index (χ1n) is 6.72. The van der Waals surface area contributed by atoms with Gasteiger partial charge in [-0.05, 0) is 21.9 Å². The molecule has 0 aromatic heterocycles. The Labute approximate surface area is 120 Å². The predicted molar refractivity (Wildman–Crippen MR) is 83.7 cm³/mol. The summed E-state index contributed by atoms with van der Waals surface area (Å²) < 4.78 is 25.8. The Bertz CT molecular complexity index is 801. The molecule has 0 fully saturated rings. The van der Waals surface area contributed by atoms with Gasteiger partial charge in [0.05, 0.1) is 18.5 Å². The smallest absolute Gasteiger partial charge is 0.232 e. The fraction of sp³-hybridized carbons (Fsp3) is 0.375. The Kier molecular flexibility index (Phi) is 2.67. The molecule has 4 heteroatoms. The van der Waals surface area contributed by atoms with Gasteiger partial charge in [0.25, 0.3) is 0 Å². The van der Waals surface area contributed by atoms with Crippen molar-refractivity contribution in [1.82, 2.24) is 0 Å². The molecule has 106 valence electrons. The fourth-order valence-corrected chi connectivity index (χ4v) is 3.84. The average molecular weight is 289 g/mol. The van der Waals surface area contributed by atoms with Crippen LogP contribution < -0.4 is 4.31 Å². The van der Waals surface area contributed by atoms with Crippen LogP contribution in [0.5, 0.6) is 0 Å². The number of hydrogen-bond donors (Lipinski definition) is 0. The summed E-state index contributed by atoms with van der Waals surface area (Å²) in [6, 6.07) is 10.2. The Morgan fingerprint density at radius 2 is 1.80 bits per heavy atom. The Morgan fingerprint density at radius 1 is 1.10 bits per heavy atom. The van der Waals surface area contributed by atoms with Gasteiger partial charge in [-0.25, -0.2) is 8.42 Å². The summed E-state index contributed by atoms with van der Waals surface area (Å²) in [5, 5.41) is 2.20. The summed E-state index contributed by atoms with van der Waals surface area (Å²) in [6.45, 7) is 6.79. The van der Waals surface area contributed by atoms with E-state index in [4.69, 9.17) is 0 Å². The van der Waals surface area contributed by atoms with Crippen LogP contribution in [0.3, 0.4) is 0 Å². The van der Waals surface area contributed by atoms with Crippen LogP contribution in [0.4, 0.5) is 5.69 Å². The van der Waals surface area contributed by atoms with E-state index in [1.165, 1.54) is 6.26 Å². The van der Waals surface area contributed by atoms with Crippen LogP contribution in [0, 0.1) is 0 Å². The maximum absolute atomic E-state index is 12.1. The van der Waals surface area contributed by atoms with Crippen molar-refractivity contribution in [2.45, 2.75) is 32.7 Å². The molecule has 1 heterocycles. The molecule has 0 amide bonds. The number of benzene rings is 2. The first-order valence-corrected chi connectivity index (χ1v) is 8.57. The van der Waals surface area contributed by atoms with E-state index in [0.717, 1.165) is 27.6 Å². The molecule has 1 aliphatic rings. The van der Waals surface area contributed by atoms with Crippen molar-refractivity contribution < 1.29 is 8.42 Å². The molecule has 0 unspecified atom stereocenters. The second kappa shape index (κ2) is 3.98. The number of nitrogens with zero attached hydrogens (tertiary/aromatic N) is 1. The summed E-state index contributed by atoms with van der Waals surface area (Å²) in [4.78, 5) is 0. The van der Waals surface area contributed by atoms with Gasteiger partial charge in [-0.3, -0.25) is 4.31 Å². The largest absolute Gasteiger partial charge is 0.265 e. The molecule has 0 saturated heterocycles. The van der Waals surface area contributed by atoms with Gasteiger partial charge in [0.15, 0.2) is 0 Å². The molecule has 3 rings (SSSR count). The van der Waals surface area contributed by atoms with Crippen molar-refractivity contribution in [1.29, 1.82) is 0 Å². The highest BCUT2D eigenvalue weighted by Gasteiger charge is 2.33. The van der Waals surface area contributed by atoms with Crippen LogP contribution in [0.15, 0.2) is 30.3 Å². The van der Waals surface area contributed by atoms with Gasteiger partial charge in [0, 0.05) is 5.39 Å². The normalized spacial score (nSPS) is 15.1. The van der Waals surface area contributed by atoms with Gasteiger partial charge in [-0.2, -0.15) is 0 Å². The van der Waals surface area contributed by atoms with Crippen molar-refractivity contribution >= 4 is 26.5 Å². The van der Waals surface area contributed by atoms with E-state index in [2.05, 4.69) is 32.9 Å². The van der Waals surface area contributed by atoms with Crippen LogP contribution in [0.25, 0.3) is 10.8 Å². The number of sulfonamides is 1. The summed E-state index contributed by atoms with van der Waals surface area (Å²) in [6.07, 6.45) is 1.28. The molecule has 20 heavy (non-hydrogen) atoms. The highest BCUT2D eigenvalue weighted by atomic mass is 32.2. The highest BCUT2D eigenvalue weighted by Crippen LogP contribution is 2.45. The van der Waals surface area contributed by atoms with Crippen LogP contribution in [-0.4, -0.2) is 14.7 Å². The van der Waals surface area contributed by atoms with E-state index in [0.29, 0.717) is 6.54 Å². The summed E-state index contributed by atoms with van der Waals surface area (Å²) in [7, 11) is -3.27. The van der Waals surface area contributed by atoms with E-state index in [1.54, 1.807) is 4.31 Å². The topological polar surface area (TPSA) is 37.4 Å².